The molecular weight excluding hydrogens is 384 g/mol. The van der Waals surface area contributed by atoms with Gasteiger partial charge < -0.3 is 9.88 Å². The molecule has 4 heterocycles. The zero-order valence-corrected chi connectivity index (χ0v) is 17.5. The van der Waals surface area contributed by atoms with Crippen molar-refractivity contribution in [2.24, 2.45) is 0 Å². The first-order valence-electron chi connectivity index (χ1n) is 10.9. The molecule has 7 heteroatoms. The molecule has 1 amide bonds. The van der Waals surface area contributed by atoms with Gasteiger partial charge in [0.2, 0.25) is 0 Å². The molecule has 1 atom stereocenters. The Morgan fingerprint density at radius 3 is 2.83 bits per heavy atom. The number of fused-ring (bicyclic) bond motifs is 1. The van der Waals surface area contributed by atoms with Crippen molar-refractivity contribution in [1.29, 1.82) is 0 Å². The van der Waals surface area contributed by atoms with Gasteiger partial charge in [-0.05, 0) is 43.7 Å². The molecule has 154 valence electrons. The first-order chi connectivity index (χ1) is 14.2. The number of hydrogen-bond acceptors (Lipinski definition) is 5. The fourth-order valence-corrected chi connectivity index (χ4v) is 5.89. The third-order valence-corrected chi connectivity index (χ3v) is 7.64. The Bertz CT molecular complexity index is 933. The van der Waals surface area contributed by atoms with Gasteiger partial charge in [-0.2, -0.15) is 0 Å². The number of aromatic nitrogens is 2. The lowest BCUT2D eigenvalue weighted by Crippen LogP contribution is -2.42. The number of rotatable bonds is 3. The van der Waals surface area contributed by atoms with Crippen molar-refractivity contribution in [3.05, 3.63) is 49.8 Å². The number of H-pyrrole nitrogens is 1. The van der Waals surface area contributed by atoms with E-state index in [0.717, 1.165) is 35.4 Å². The van der Waals surface area contributed by atoms with Crippen LogP contribution in [0.2, 0.25) is 0 Å². The van der Waals surface area contributed by atoms with Gasteiger partial charge in [-0.1, -0.05) is 18.9 Å². The third-order valence-electron chi connectivity index (χ3n) is 6.79. The minimum absolute atomic E-state index is 0.00797. The number of amides is 1. The van der Waals surface area contributed by atoms with E-state index in [1.165, 1.54) is 50.0 Å². The summed E-state index contributed by atoms with van der Waals surface area (Å²) in [6, 6.07) is 4.45. The number of nitrogens with one attached hydrogen (secondary N) is 1. The second-order valence-electron chi connectivity index (χ2n) is 8.60. The number of thiophene rings is 1. The summed E-state index contributed by atoms with van der Waals surface area (Å²) in [5, 5.41) is 1.91. The number of carbonyl (C=O) groups is 1. The Kier molecular flexibility index (Phi) is 5.26. The fraction of sp³-hybridized carbons (Fsp3) is 0.591. The monoisotopic (exact) mass is 412 g/mol. The van der Waals surface area contributed by atoms with E-state index in [1.54, 1.807) is 4.90 Å². The Balaban J connectivity index is 1.33. The van der Waals surface area contributed by atoms with Crippen LogP contribution in [0.4, 0.5) is 0 Å². The molecule has 6 nitrogen and oxygen atoms in total. The lowest BCUT2D eigenvalue weighted by atomic mass is 9.95. The van der Waals surface area contributed by atoms with Gasteiger partial charge in [-0.15, -0.1) is 11.3 Å². The molecule has 1 aliphatic carbocycles. The first kappa shape index (κ1) is 19.0. The summed E-state index contributed by atoms with van der Waals surface area (Å²) in [5.74, 6) is 1.18. The molecule has 1 N–H and O–H groups in total. The summed E-state index contributed by atoms with van der Waals surface area (Å²) in [4.78, 5) is 38.6. The summed E-state index contributed by atoms with van der Waals surface area (Å²) < 4.78 is 0. The molecule has 0 radical (unpaired) electrons. The minimum atomic E-state index is -0.0633. The van der Waals surface area contributed by atoms with E-state index in [2.05, 4.69) is 9.88 Å². The predicted molar refractivity (Wildman–Crippen MR) is 113 cm³/mol. The highest BCUT2D eigenvalue weighted by molar-refractivity contribution is 7.12. The number of nitrogens with zero attached hydrogens (tertiary/aromatic N) is 3. The average Bonchev–Trinajstić information content (AvgIpc) is 3.47. The van der Waals surface area contributed by atoms with E-state index < -0.39 is 0 Å². The maximum atomic E-state index is 12.9. The second kappa shape index (κ2) is 8.03. The topological polar surface area (TPSA) is 69.3 Å². The minimum Gasteiger partial charge on any atom is -0.333 e. The maximum Gasteiger partial charge on any atom is 0.264 e. The highest BCUT2D eigenvalue weighted by atomic mass is 32.1. The molecule has 0 unspecified atom stereocenters. The van der Waals surface area contributed by atoms with Crippen molar-refractivity contribution >= 4 is 17.2 Å². The van der Waals surface area contributed by atoms with Crippen LogP contribution in [0.1, 0.15) is 71.2 Å². The molecule has 1 saturated heterocycles. The van der Waals surface area contributed by atoms with Crippen LogP contribution < -0.4 is 5.56 Å². The van der Waals surface area contributed by atoms with Crippen molar-refractivity contribution in [2.45, 2.75) is 63.5 Å². The van der Waals surface area contributed by atoms with Gasteiger partial charge in [0.1, 0.15) is 5.82 Å². The van der Waals surface area contributed by atoms with Gasteiger partial charge in [-0.25, -0.2) is 4.98 Å². The van der Waals surface area contributed by atoms with Crippen molar-refractivity contribution in [3.8, 4) is 0 Å². The third kappa shape index (κ3) is 3.78. The largest absolute Gasteiger partial charge is 0.333 e. The SMILES string of the molecule is O=C(c1cccs1)N1CCc2nc([C@@H]3CCCN(C4CCCC4)C3)[nH]c(=O)c2C1. The van der Waals surface area contributed by atoms with Gasteiger partial charge in [-0.3, -0.25) is 14.5 Å². The number of piperidine rings is 1. The second-order valence-corrected chi connectivity index (χ2v) is 9.55. The van der Waals surface area contributed by atoms with E-state index in [0.29, 0.717) is 31.0 Å². The van der Waals surface area contributed by atoms with E-state index in [-0.39, 0.29) is 11.5 Å². The number of aromatic amines is 1. The lowest BCUT2D eigenvalue weighted by Gasteiger charge is -2.36. The normalized spacial score (nSPS) is 23.3. The molecule has 0 aromatic carbocycles. The van der Waals surface area contributed by atoms with Gasteiger partial charge in [0, 0.05) is 31.5 Å². The summed E-state index contributed by atoms with van der Waals surface area (Å²) in [5.41, 5.74) is 1.48. The van der Waals surface area contributed by atoms with Crippen LogP contribution in [0.5, 0.6) is 0 Å². The van der Waals surface area contributed by atoms with Crippen molar-refractivity contribution < 1.29 is 4.79 Å². The molecule has 2 aliphatic heterocycles. The highest BCUT2D eigenvalue weighted by Crippen LogP contribution is 2.31. The van der Waals surface area contributed by atoms with Crippen LogP contribution in [0.15, 0.2) is 22.3 Å². The fourth-order valence-electron chi connectivity index (χ4n) is 5.20. The van der Waals surface area contributed by atoms with Crippen LogP contribution in [0.25, 0.3) is 0 Å². The number of hydrogen-bond donors (Lipinski definition) is 1. The number of carbonyl (C=O) groups excluding carboxylic acids is 1. The first-order valence-corrected chi connectivity index (χ1v) is 11.8. The Labute approximate surface area is 175 Å². The molecular formula is C22H28N4O2S. The van der Waals surface area contributed by atoms with Gasteiger partial charge in [0.25, 0.3) is 11.5 Å². The van der Waals surface area contributed by atoms with E-state index in [4.69, 9.17) is 4.98 Å². The van der Waals surface area contributed by atoms with Crippen LogP contribution in [0.3, 0.4) is 0 Å². The lowest BCUT2D eigenvalue weighted by molar-refractivity contribution is 0.0737. The molecule has 2 fully saturated rings. The molecule has 1 saturated carbocycles. The molecule has 5 rings (SSSR count). The molecule has 3 aliphatic rings. The standard InChI is InChI=1S/C22H28N4O2S/c27-21-17-14-26(22(28)19-8-4-12-29-19)11-9-18(17)23-20(24-21)15-5-3-10-25(13-15)16-6-1-2-7-16/h4,8,12,15-16H,1-3,5-7,9-11,13-14H2,(H,23,24,27)/t15-/m1/s1. The molecule has 0 bridgehead atoms. The summed E-state index contributed by atoms with van der Waals surface area (Å²) >= 11 is 1.44. The molecule has 2 aromatic rings. The zero-order chi connectivity index (χ0) is 19.8. The van der Waals surface area contributed by atoms with E-state index >= 15 is 0 Å². The average molecular weight is 413 g/mol. The summed E-state index contributed by atoms with van der Waals surface area (Å²) in [6.07, 6.45) is 8.24. The zero-order valence-electron chi connectivity index (χ0n) is 16.7. The van der Waals surface area contributed by atoms with Gasteiger partial charge in [0.05, 0.1) is 22.7 Å². The van der Waals surface area contributed by atoms with Gasteiger partial charge >= 0.3 is 0 Å². The van der Waals surface area contributed by atoms with Crippen LogP contribution in [-0.2, 0) is 13.0 Å². The highest BCUT2D eigenvalue weighted by Gasteiger charge is 2.31. The quantitative estimate of drug-likeness (QED) is 0.841. The van der Waals surface area contributed by atoms with Crippen LogP contribution in [-0.4, -0.2) is 51.4 Å². The van der Waals surface area contributed by atoms with E-state index in [1.807, 2.05) is 17.5 Å². The predicted octanol–water partition coefficient (Wildman–Crippen LogP) is 3.15. The Hall–Kier alpha value is -1.99. The Morgan fingerprint density at radius 2 is 2.03 bits per heavy atom. The number of likely N-dealkylation sites (tertiary alicyclic amines) is 1. The van der Waals surface area contributed by atoms with Crippen molar-refractivity contribution in [2.75, 3.05) is 19.6 Å². The molecule has 29 heavy (non-hydrogen) atoms. The van der Waals surface area contributed by atoms with E-state index in [9.17, 15) is 9.59 Å². The van der Waals surface area contributed by atoms with Crippen LogP contribution >= 0.6 is 11.3 Å². The smallest absolute Gasteiger partial charge is 0.264 e. The summed E-state index contributed by atoms with van der Waals surface area (Å²) in [6.45, 7) is 3.16. The maximum absolute atomic E-state index is 12.9. The molecule has 2 aromatic heterocycles. The van der Waals surface area contributed by atoms with Crippen molar-refractivity contribution in [3.63, 3.8) is 0 Å². The van der Waals surface area contributed by atoms with Crippen LogP contribution in [0, 0.1) is 0 Å². The summed E-state index contributed by atoms with van der Waals surface area (Å²) in [7, 11) is 0. The van der Waals surface area contributed by atoms with Crippen molar-refractivity contribution in [1.82, 2.24) is 19.8 Å². The Morgan fingerprint density at radius 1 is 1.17 bits per heavy atom. The van der Waals surface area contributed by atoms with Gasteiger partial charge in [0.15, 0.2) is 0 Å². The molecule has 0 spiro atoms.